The fraction of sp³-hybridized carbons (Fsp3) is 0.276. The molecule has 0 spiro atoms. The average molecular weight is 421 g/mol. The third-order valence-electron chi connectivity index (χ3n) is 7.11. The van der Waals surface area contributed by atoms with E-state index in [-0.39, 0.29) is 5.78 Å². The van der Waals surface area contributed by atoms with Gasteiger partial charge in [0.1, 0.15) is 0 Å². The van der Waals surface area contributed by atoms with Crippen LogP contribution in [0.15, 0.2) is 72.8 Å². The van der Waals surface area contributed by atoms with Crippen LogP contribution in [-0.4, -0.2) is 32.0 Å². The van der Waals surface area contributed by atoms with E-state index in [1.807, 2.05) is 24.3 Å². The molecule has 2 fully saturated rings. The van der Waals surface area contributed by atoms with Crippen LogP contribution in [0.25, 0.3) is 21.5 Å². The number of fused-ring (bicyclic) bond motifs is 2. The topological polar surface area (TPSA) is 23.6 Å². The Hall–Kier alpha value is -3.33. The fourth-order valence-corrected chi connectivity index (χ4v) is 5.26. The van der Waals surface area contributed by atoms with E-state index in [1.54, 1.807) is 0 Å². The second-order valence-corrected chi connectivity index (χ2v) is 9.21. The van der Waals surface area contributed by atoms with Gasteiger partial charge >= 0.3 is 0 Å². The number of ketones is 1. The van der Waals surface area contributed by atoms with Gasteiger partial charge in [0.05, 0.1) is 0 Å². The number of hydrogen-bond acceptors (Lipinski definition) is 3. The Morgan fingerprint density at radius 2 is 0.875 bits per heavy atom. The second-order valence-electron chi connectivity index (χ2n) is 9.21. The van der Waals surface area contributed by atoms with Gasteiger partial charge in [-0.3, -0.25) is 4.79 Å². The van der Waals surface area contributed by atoms with E-state index >= 15 is 0 Å². The highest BCUT2D eigenvalue weighted by Crippen LogP contribution is 2.28. The van der Waals surface area contributed by atoms with Crippen molar-refractivity contribution in [3.63, 3.8) is 0 Å². The summed E-state index contributed by atoms with van der Waals surface area (Å²) in [5, 5.41) is 4.63. The predicted molar refractivity (Wildman–Crippen MR) is 134 cm³/mol. The summed E-state index contributed by atoms with van der Waals surface area (Å²) in [4.78, 5) is 18.2. The minimum absolute atomic E-state index is 0.0843. The molecule has 2 aliphatic heterocycles. The van der Waals surface area contributed by atoms with Crippen LogP contribution < -0.4 is 9.80 Å². The second kappa shape index (κ2) is 7.98. The quantitative estimate of drug-likeness (QED) is 0.356. The number of carbonyl (C=O) groups excluding carboxylic acids is 1. The van der Waals surface area contributed by atoms with Crippen LogP contribution in [0.5, 0.6) is 0 Å². The lowest BCUT2D eigenvalue weighted by Crippen LogP contribution is -2.17. The summed E-state index contributed by atoms with van der Waals surface area (Å²) in [7, 11) is 0. The van der Waals surface area contributed by atoms with Gasteiger partial charge < -0.3 is 9.80 Å². The van der Waals surface area contributed by atoms with E-state index in [4.69, 9.17) is 0 Å². The molecule has 2 saturated heterocycles. The smallest absolute Gasteiger partial charge is 0.193 e. The first kappa shape index (κ1) is 19.4. The molecule has 6 rings (SSSR count). The molecule has 3 nitrogen and oxygen atoms in total. The monoisotopic (exact) mass is 420 g/mol. The standard InChI is InChI=1S/C29H28N2O/c32-29(25-7-5-23-19-27(11-9-21(23)17-25)30-13-1-2-14-30)26-8-6-24-20-28(12-10-22(24)18-26)31-15-3-4-16-31/h5-12,17-20H,1-4,13-16H2. The van der Waals surface area contributed by atoms with Crippen LogP contribution in [0.2, 0.25) is 0 Å². The highest BCUT2D eigenvalue weighted by molar-refractivity contribution is 6.12. The molecule has 0 radical (unpaired) electrons. The minimum Gasteiger partial charge on any atom is -0.372 e. The Kier molecular flexibility index (Phi) is 4.83. The van der Waals surface area contributed by atoms with Crippen LogP contribution in [0.4, 0.5) is 11.4 Å². The van der Waals surface area contributed by atoms with Crippen LogP contribution in [0, 0.1) is 0 Å². The van der Waals surface area contributed by atoms with Crippen LogP contribution in [0.1, 0.15) is 41.6 Å². The van der Waals surface area contributed by atoms with Gasteiger partial charge in [0.15, 0.2) is 5.78 Å². The molecule has 0 aliphatic carbocycles. The van der Waals surface area contributed by atoms with Crippen molar-refractivity contribution in [1.82, 2.24) is 0 Å². The molecule has 160 valence electrons. The average Bonchev–Trinajstić information content (AvgIpc) is 3.57. The highest BCUT2D eigenvalue weighted by Gasteiger charge is 2.15. The summed E-state index contributed by atoms with van der Waals surface area (Å²) in [6.07, 6.45) is 5.10. The molecule has 4 aromatic carbocycles. The van der Waals surface area contributed by atoms with E-state index in [0.29, 0.717) is 0 Å². The van der Waals surface area contributed by atoms with Gasteiger partial charge in [0.2, 0.25) is 0 Å². The van der Waals surface area contributed by atoms with Gasteiger partial charge in [0, 0.05) is 48.7 Å². The third-order valence-corrected chi connectivity index (χ3v) is 7.11. The van der Waals surface area contributed by atoms with Gasteiger partial charge in [-0.2, -0.15) is 0 Å². The maximum absolute atomic E-state index is 13.3. The molecule has 4 aromatic rings. The molecule has 0 atom stereocenters. The summed E-state index contributed by atoms with van der Waals surface area (Å²) >= 11 is 0. The number of anilines is 2. The van der Waals surface area contributed by atoms with E-state index in [9.17, 15) is 4.79 Å². The number of benzene rings is 4. The maximum atomic E-state index is 13.3. The number of hydrogen-bond donors (Lipinski definition) is 0. The predicted octanol–water partition coefficient (Wildman–Crippen LogP) is 6.42. The molecule has 32 heavy (non-hydrogen) atoms. The van der Waals surface area contributed by atoms with Crippen molar-refractivity contribution in [3.05, 3.63) is 83.9 Å². The Bertz CT molecular complexity index is 1210. The highest BCUT2D eigenvalue weighted by atomic mass is 16.1. The normalized spacial score (nSPS) is 16.4. The molecule has 0 amide bonds. The van der Waals surface area contributed by atoms with E-state index < -0.39 is 0 Å². The maximum Gasteiger partial charge on any atom is 0.193 e. The molecule has 2 heterocycles. The first-order valence-corrected chi connectivity index (χ1v) is 11.9. The van der Waals surface area contributed by atoms with Gasteiger partial charge in [-0.1, -0.05) is 36.4 Å². The first-order chi connectivity index (χ1) is 15.7. The van der Waals surface area contributed by atoms with Crippen molar-refractivity contribution in [2.75, 3.05) is 36.0 Å². The Morgan fingerprint density at radius 1 is 0.500 bits per heavy atom. The molecule has 0 N–H and O–H groups in total. The summed E-state index contributed by atoms with van der Waals surface area (Å²) in [5.74, 6) is 0.0843. The molecule has 2 aliphatic rings. The Labute approximate surface area is 189 Å². The third kappa shape index (κ3) is 3.52. The van der Waals surface area contributed by atoms with E-state index in [2.05, 4.69) is 58.3 Å². The van der Waals surface area contributed by atoms with Crippen molar-refractivity contribution in [3.8, 4) is 0 Å². The molecule has 0 bridgehead atoms. The van der Waals surface area contributed by atoms with Gasteiger partial charge in [0.25, 0.3) is 0 Å². The molecular formula is C29H28N2O. The van der Waals surface area contributed by atoms with Crippen molar-refractivity contribution < 1.29 is 4.79 Å². The van der Waals surface area contributed by atoms with Crippen LogP contribution >= 0.6 is 0 Å². The largest absolute Gasteiger partial charge is 0.372 e. The molecular weight excluding hydrogens is 392 g/mol. The zero-order valence-electron chi connectivity index (χ0n) is 18.4. The lowest BCUT2D eigenvalue weighted by Gasteiger charge is -2.18. The van der Waals surface area contributed by atoms with Crippen LogP contribution in [-0.2, 0) is 0 Å². The molecule has 0 saturated carbocycles. The van der Waals surface area contributed by atoms with E-state index in [0.717, 1.165) is 48.1 Å². The Morgan fingerprint density at radius 3 is 1.31 bits per heavy atom. The number of rotatable bonds is 4. The molecule has 3 heteroatoms. The van der Waals surface area contributed by atoms with Crippen molar-refractivity contribution >= 4 is 38.7 Å². The first-order valence-electron chi connectivity index (χ1n) is 11.9. The lowest BCUT2D eigenvalue weighted by molar-refractivity contribution is 0.103. The minimum atomic E-state index is 0.0843. The summed E-state index contributed by atoms with van der Waals surface area (Å²) in [6, 6.07) is 25.4. The van der Waals surface area contributed by atoms with Crippen LogP contribution in [0.3, 0.4) is 0 Å². The zero-order chi connectivity index (χ0) is 21.5. The van der Waals surface area contributed by atoms with E-state index in [1.165, 1.54) is 47.8 Å². The van der Waals surface area contributed by atoms with Crippen molar-refractivity contribution in [2.45, 2.75) is 25.7 Å². The lowest BCUT2D eigenvalue weighted by atomic mass is 9.97. The molecule has 0 aromatic heterocycles. The summed E-state index contributed by atoms with van der Waals surface area (Å²) in [5.41, 5.74) is 4.08. The van der Waals surface area contributed by atoms with Crippen molar-refractivity contribution in [2.24, 2.45) is 0 Å². The van der Waals surface area contributed by atoms with Gasteiger partial charge in [-0.15, -0.1) is 0 Å². The van der Waals surface area contributed by atoms with Gasteiger partial charge in [-0.05, 0) is 83.6 Å². The number of nitrogens with zero attached hydrogens (tertiary/aromatic N) is 2. The SMILES string of the molecule is O=C(c1ccc2cc(N3CCCC3)ccc2c1)c1ccc2cc(N3CCCC3)ccc2c1. The zero-order valence-corrected chi connectivity index (χ0v) is 18.4. The fourth-order valence-electron chi connectivity index (χ4n) is 5.26. The Balaban J connectivity index is 1.28. The number of carbonyl (C=O) groups is 1. The summed E-state index contributed by atoms with van der Waals surface area (Å²) < 4.78 is 0. The van der Waals surface area contributed by atoms with Gasteiger partial charge in [-0.25, -0.2) is 0 Å². The summed E-state index contributed by atoms with van der Waals surface area (Å²) in [6.45, 7) is 4.57. The molecule has 0 unspecified atom stereocenters. The van der Waals surface area contributed by atoms with Crippen molar-refractivity contribution in [1.29, 1.82) is 0 Å².